The minimum absolute atomic E-state index is 0.0642. The van der Waals surface area contributed by atoms with Gasteiger partial charge >= 0.3 is 0 Å². The molecule has 1 aliphatic rings. The van der Waals surface area contributed by atoms with Gasteiger partial charge in [-0.15, -0.1) is 0 Å². The maximum atomic E-state index is 12.5. The van der Waals surface area contributed by atoms with Gasteiger partial charge < -0.3 is 4.43 Å². The topological polar surface area (TPSA) is 50.1 Å². The van der Waals surface area contributed by atoms with Crippen LogP contribution >= 0.6 is 0 Å². The van der Waals surface area contributed by atoms with Gasteiger partial charge in [-0.3, -0.25) is 4.79 Å². The van der Waals surface area contributed by atoms with E-state index in [0.717, 1.165) is 18.6 Å². The van der Waals surface area contributed by atoms with Crippen molar-refractivity contribution < 1.29 is 9.22 Å². The van der Waals surface area contributed by atoms with Crippen LogP contribution in [0, 0.1) is 23.2 Å². The molecule has 4 heteroatoms. The second kappa shape index (κ2) is 5.89. The number of carbonyl (C=O) groups is 1. The van der Waals surface area contributed by atoms with Crippen LogP contribution in [0.1, 0.15) is 44.0 Å². The lowest BCUT2D eigenvalue weighted by atomic mass is 9.94. The number of benzene rings is 1. The number of carbonyl (C=O) groups excluding carboxylic acids is 1. The summed E-state index contributed by atoms with van der Waals surface area (Å²) in [5, 5.41) is 9.34. The zero-order valence-electron chi connectivity index (χ0n) is 14.1. The van der Waals surface area contributed by atoms with Crippen molar-refractivity contribution in [3.63, 3.8) is 0 Å². The third-order valence-corrected chi connectivity index (χ3v) is 9.17. The van der Waals surface area contributed by atoms with E-state index in [9.17, 15) is 10.1 Å². The van der Waals surface area contributed by atoms with Gasteiger partial charge in [-0.25, -0.2) is 0 Å². The summed E-state index contributed by atoms with van der Waals surface area (Å²) in [6.45, 7) is 10.9. The molecule has 1 atom stereocenters. The van der Waals surface area contributed by atoms with Gasteiger partial charge in [-0.2, -0.15) is 5.26 Å². The van der Waals surface area contributed by atoms with Crippen LogP contribution in [0.5, 0.6) is 5.75 Å². The minimum atomic E-state index is -1.92. The van der Waals surface area contributed by atoms with E-state index in [1.165, 1.54) is 0 Å². The van der Waals surface area contributed by atoms with Crippen molar-refractivity contribution in [2.45, 2.75) is 51.7 Å². The van der Waals surface area contributed by atoms with Gasteiger partial charge in [0.15, 0.2) is 5.78 Å². The van der Waals surface area contributed by atoms with Crippen molar-refractivity contribution in [2.24, 2.45) is 11.8 Å². The molecule has 0 spiro atoms. The number of hydrogen-bond donors (Lipinski definition) is 0. The Balaban J connectivity index is 2.20. The van der Waals surface area contributed by atoms with Gasteiger partial charge in [-0.1, -0.05) is 32.9 Å². The smallest absolute Gasteiger partial charge is 0.250 e. The highest BCUT2D eigenvalue weighted by molar-refractivity contribution is 6.74. The van der Waals surface area contributed by atoms with E-state index in [-0.39, 0.29) is 16.7 Å². The fraction of sp³-hybridized carbons (Fsp3) is 0.556. The zero-order chi connectivity index (χ0) is 16.5. The van der Waals surface area contributed by atoms with E-state index in [0.29, 0.717) is 5.56 Å². The lowest BCUT2D eigenvalue weighted by Gasteiger charge is -2.36. The van der Waals surface area contributed by atoms with Crippen LogP contribution < -0.4 is 4.43 Å². The number of nitrogens with zero attached hydrogens (tertiary/aromatic N) is 1. The predicted molar refractivity (Wildman–Crippen MR) is 90.4 cm³/mol. The quantitative estimate of drug-likeness (QED) is 0.579. The van der Waals surface area contributed by atoms with Crippen LogP contribution in [0.15, 0.2) is 24.3 Å². The summed E-state index contributed by atoms with van der Waals surface area (Å²) in [4.78, 5) is 12.5. The average molecular weight is 315 g/mol. The van der Waals surface area contributed by atoms with Crippen molar-refractivity contribution in [3.8, 4) is 11.8 Å². The van der Waals surface area contributed by atoms with Gasteiger partial charge in [0.1, 0.15) is 11.7 Å². The molecule has 3 nitrogen and oxygen atoms in total. The molecule has 0 aliphatic heterocycles. The monoisotopic (exact) mass is 315 g/mol. The van der Waals surface area contributed by atoms with Gasteiger partial charge in [-0.05, 0) is 49.0 Å². The minimum Gasteiger partial charge on any atom is -0.543 e. The van der Waals surface area contributed by atoms with E-state index in [1.54, 1.807) is 12.1 Å². The number of ketones is 1. The van der Waals surface area contributed by atoms with Gasteiger partial charge in [0, 0.05) is 5.56 Å². The molecule has 0 aromatic heterocycles. The third-order valence-electron chi connectivity index (χ3n) is 4.81. The molecule has 118 valence electrons. The highest BCUT2D eigenvalue weighted by Gasteiger charge is 2.39. The lowest BCUT2D eigenvalue weighted by Crippen LogP contribution is -2.43. The molecule has 0 heterocycles. The molecule has 1 unspecified atom stereocenters. The summed E-state index contributed by atoms with van der Waals surface area (Å²) in [7, 11) is -1.92. The summed E-state index contributed by atoms with van der Waals surface area (Å²) < 4.78 is 6.25. The highest BCUT2D eigenvalue weighted by Crippen LogP contribution is 2.39. The highest BCUT2D eigenvalue weighted by atomic mass is 28.4. The zero-order valence-corrected chi connectivity index (χ0v) is 15.1. The Morgan fingerprint density at radius 3 is 2.50 bits per heavy atom. The fourth-order valence-electron chi connectivity index (χ4n) is 2.15. The van der Waals surface area contributed by atoms with Crippen molar-refractivity contribution in [2.75, 3.05) is 0 Å². The van der Waals surface area contributed by atoms with E-state index in [2.05, 4.69) is 39.9 Å². The van der Waals surface area contributed by atoms with Crippen LogP contribution in [0.2, 0.25) is 18.1 Å². The Bertz CT molecular complexity index is 606. The standard InChI is InChI=1S/C18H25NO2Si/c1-18(2,3)22(4,5)21-15-8-6-7-14(11-15)17(20)16(12-19)13-9-10-13/h6-8,11,13,16H,9-10H2,1-5H3. The van der Waals surface area contributed by atoms with Crippen molar-refractivity contribution in [1.29, 1.82) is 5.26 Å². The molecule has 1 aromatic carbocycles. The van der Waals surface area contributed by atoms with Crippen LogP contribution in [-0.4, -0.2) is 14.1 Å². The summed E-state index contributed by atoms with van der Waals surface area (Å²) in [5.41, 5.74) is 0.592. The fourth-order valence-corrected chi connectivity index (χ4v) is 3.17. The van der Waals surface area contributed by atoms with E-state index < -0.39 is 14.2 Å². The molecular formula is C18H25NO2Si. The molecule has 2 rings (SSSR count). The first-order valence-electron chi connectivity index (χ1n) is 7.88. The summed E-state index contributed by atoms with van der Waals surface area (Å²) >= 11 is 0. The Kier molecular flexibility index (Phi) is 4.48. The summed E-state index contributed by atoms with van der Waals surface area (Å²) in [5.74, 6) is 0.432. The van der Waals surface area contributed by atoms with Crippen LogP contribution in [0.3, 0.4) is 0 Å². The Morgan fingerprint density at radius 1 is 1.36 bits per heavy atom. The normalized spacial score (nSPS) is 16.7. The van der Waals surface area contributed by atoms with Crippen LogP contribution in [-0.2, 0) is 0 Å². The van der Waals surface area contributed by atoms with Crippen LogP contribution in [0.4, 0.5) is 0 Å². The van der Waals surface area contributed by atoms with E-state index >= 15 is 0 Å². The van der Waals surface area contributed by atoms with E-state index in [1.807, 2.05) is 12.1 Å². The molecule has 0 N–H and O–H groups in total. The van der Waals surface area contributed by atoms with Gasteiger partial charge in [0.2, 0.25) is 8.32 Å². The second-order valence-corrected chi connectivity index (χ2v) is 12.4. The molecule has 0 bridgehead atoms. The molecule has 1 saturated carbocycles. The molecule has 0 amide bonds. The summed E-state index contributed by atoms with van der Waals surface area (Å²) in [6.07, 6.45) is 1.98. The molecule has 1 fully saturated rings. The molecule has 0 radical (unpaired) electrons. The molecule has 1 aromatic rings. The summed E-state index contributed by atoms with van der Waals surface area (Å²) in [6, 6.07) is 9.50. The Morgan fingerprint density at radius 2 is 2.00 bits per heavy atom. The van der Waals surface area contributed by atoms with Crippen molar-refractivity contribution >= 4 is 14.1 Å². The largest absolute Gasteiger partial charge is 0.543 e. The first kappa shape index (κ1) is 16.8. The predicted octanol–water partition coefficient (Wildman–Crippen LogP) is 4.80. The number of rotatable bonds is 5. The molecule has 0 saturated heterocycles. The molecule has 22 heavy (non-hydrogen) atoms. The maximum Gasteiger partial charge on any atom is 0.250 e. The SMILES string of the molecule is CC(C)(C)[Si](C)(C)Oc1cccc(C(=O)C(C#N)C2CC2)c1. The van der Waals surface area contributed by atoms with Gasteiger partial charge in [0.25, 0.3) is 0 Å². The van der Waals surface area contributed by atoms with Crippen molar-refractivity contribution in [3.05, 3.63) is 29.8 Å². The number of Topliss-reactive ketones (excluding diaryl/α,β-unsaturated/α-hetero) is 1. The van der Waals surface area contributed by atoms with Crippen molar-refractivity contribution in [1.82, 2.24) is 0 Å². The second-order valence-electron chi connectivity index (χ2n) is 7.70. The first-order chi connectivity index (χ1) is 10.2. The Hall–Kier alpha value is -1.60. The maximum absolute atomic E-state index is 12.5. The number of hydrogen-bond acceptors (Lipinski definition) is 3. The number of nitriles is 1. The average Bonchev–Trinajstić information content (AvgIpc) is 3.22. The Labute approximate surface area is 134 Å². The third kappa shape index (κ3) is 3.59. The van der Waals surface area contributed by atoms with Crippen LogP contribution in [0.25, 0.3) is 0 Å². The molecule has 1 aliphatic carbocycles. The molecular weight excluding hydrogens is 290 g/mol. The van der Waals surface area contributed by atoms with Gasteiger partial charge in [0.05, 0.1) is 6.07 Å². The van der Waals surface area contributed by atoms with E-state index in [4.69, 9.17) is 4.43 Å². The lowest BCUT2D eigenvalue weighted by molar-refractivity contribution is 0.0937. The first-order valence-corrected chi connectivity index (χ1v) is 10.8.